The molecule has 2 heterocycles. The molecule has 3 rings (SSSR count). The van der Waals surface area contributed by atoms with Crippen molar-refractivity contribution in [3.05, 3.63) is 60.0 Å². The molecule has 0 radical (unpaired) electrons. The number of aryl methyl sites for hydroxylation is 1. The third-order valence-corrected chi connectivity index (χ3v) is 4.64. The van der Waals surface area contributed by atoms with E-state index in [2.05, 4.69) is 27.4 Å². The fraction of sp³-hybridized carbons (Fsp3) is 0.278. The molecule has 1 aromatic carbocycles. The first-order valence-corrected chi connectivity index (χ1v) is 9.19. The fourth-order valence-electron chi connectivity index (χ4n) is 2.24. The van der Waals surface area contributed by atoms with Crippen molar-refractivity contribution in [3.8, 4) is 0 Å². The number of ether oxygens (including phenoxy) is 1. The zero-order valence-electron chi connectivity index (χ0n) is 14.4. The van der Waals surface area contributed by atoms with E-state index in [1.165, 1.54) is 11.8 Å². The quantitative estimate of drug-likeness (QED) is 0.563. The lowest BCUT2D eigenvalue weighted by Gasteiger charge is -2.08. The lowest BCUT2D eigenvalue weighted by Crippen LogP contribution is -2.12. The fourth-order valence-corrected chi connectivity index (χ4v) is 3.14. The molecule has 0 spiro atoms. The Bertz CT molecular complexity index is 854. The highest BCUT2D eigenvalue weighted by molar-refractivity contribution is 7.99. The maximum atomic E-state index is 12.5. The first-order valence-electron chi connectivity index (χ1n) is 8.38. The van der Waals surface area contributed by atoms with E-state index < -0.39 is 5.97 Å². The van der Waals surface area contributed by atoms with Crippen LogP contribution in [0.5, 0.6) is 0 Å². The zero-order chi connectivity index (χ0) is 18.2. The molecule has 0 aliphatic heterocycles. The summed E-state index contributed by atoms with van der Waals surface area (Å²) in [4.78, 5) is 17.8. The average Bonchev–Trinajstić information content (AvgIpc) is 3.13. The molecule has 7 nitrogen and oxygen atoms in total. The number of nitrogens with zero attached hydrogens (tertiary/aromatic N) is 5. The number of carbonyl (C=O) groups excluding carboxylic acids is 1. The molecule has 26 heavy (non-hydrogen) atoms. The van der Waals surface area contributed by atoms with Gasteiger partial charge in [0.05, 0.1) is 5.56 Å². The molecule has 0 N–H and O–H groups in total. The highest BCUT2D eigenvalue weighted by Crippen LogP contribution is 2.28. The molecule has 0 saturated heterocycles. The summed E-state index contributed by atoms with van der Waals surface area (Å²) in [5, 5.41) is 12.1. The summed E-state index contributed by atoms with van der Waals surface area (Å²) >= 11 is 1.42. The van der Waals surface area contributed by atoms with Gasteiger partial charge >= 0.3 is 5.97 Å². The number of esters is 1. The molecule has 3 aromatic rings. The summed E-state index contributed by atoms with van der Waals surface area (Å²) in [7, 11) is 0. The molecular weight excluding hydrogens is 350 g/mol. The number of benzene rings is 1. The van der Waals surface area contributed by atoms with Crippen LogP contribution in [0.15, 0.2) is 58.6 Å². The Labute approximate surface area is 155 Å². The number of unbranched alkanes of at least 4 members (excludes halogenated alkanes) is 1. The van der Waals surface area contributed by atoms with Crippen LogP contribution < -0.4 is 0 Å². The van der Waals surface area contributed by atoms with Gasteiger partial charge in [-0.3, -0.25) is 0 Å². The van der Waals surface area contributed by atoms with E-state index in [-0.39, 0.29) is 6.61 Å². The van der Waals surface area contributed by atoms with Crippen LogP contribution in [-0.2, 0) is 17.9 Å². The van der Waals surface area contributed by atoms with Gasteiger partial charge in [0.2, 0.25) is 0 Å². The van der Waals surface area contributed by atoms with Crippen LogP contribution in [0.4, 0.5) is 0 Å². The van der Waals surface area contributed by atoms with Crippen molar-refractivity contribution in [3.63, 3.8) is 0 Å². The number of aromatic nitrogens is 5. The van der Waals surface area contributed by atoms with Gasteiger partial charge in [-0.15, -0.1) is 5.10 Å². The van der Waals surface area contributed by atoms with E-state index in [1.54, 1.807) is 23.0 Å². The predicted octanol–water partition coefficient (Wildman–Crippen LogP) is 3.38. The number of tetrazole rings is 1. The number of hydrogen-bond donors (Lipinski definition) is 0. The topological polar surface area (TPSA) is 82.8 Å². The largest absolute Gasteiger partial charge is 0.454 e. The van der Waals surface area contributed by atoms with Gasteiger partial charge in [0.1, 0.15) is 5.03 Å². The van der Waals surface area contributed by atoms with Crippen molar-refractivity contribution in [1.82, 2.24) is 25.2 Å². The number of pyridine rings is 1. The third kappa shape index (κ3) is 4.66. The maximum absolute atomic E-state index is 12.5. The van der Waals surface area contributed by atoms with Crippen LogP contribution in [0.2, 0.25) is 0 Å². The van der Waals surface area contributed by atoms with Gasteiger partial charge in [-0.1, -0.05) is 43.3 Å². The molecule has 8 heteroatoms. The monoisotopic (exact) mass is 369 g/mol. The number of carbonyl (C=O) groups is 1. The lowest BCUT2D eigenvalue weighted by molar-refractivity contribution is 0.0451. The molecule has 134 valence electrons. The van der Waals surface area contributed by atoms with E-state index in [0.29, 0.717) is 23.0 Å². The van der Waals surface area contributed by atoms with Crippen LogP contribution in [-0.4, -0.2) is 31.2 Å². The van der Waals surface area contributed by atoms with Gasteiger partial charge in [0, 0.05) is 17.6 Å². The Balaban J connectivity index is 1.68. The van der Waals surface area contributed by atoms with Gasteiger partial charge < -0.3 is 4.74 Å². The first-order chi connectivity index (χ1) is 12.8. The van der Waals surface area contributed by atoms with E-state index in [0.717, 1.165) is 17.7 Å². The van der Waals surface area contributed by atoms with Gasteiger partial charge in [-0.25, -0.2) is 14.5 Å². The average molecular weight is 369 g/mol. The minimum Gasteiger partial charge on any atom is -0.454 e. The van der Waals surface area contributed by atoms with Gasteiger partial charge in [-0.05, 0) is 41.1 Å². The van der Waals surface area contributed by atoms with Crippen molar-refractivity contribution >= 4 is 17.7 Å². The van der Waals surface area contributed by atoms with E-state index in [1.807, 2.05) is 30.3 Å². The Morgan fingerprint density at radius 2 is 2.04 bits per heavy atom. The van der Waals surface area contributed by atoms with E-state index in [4.69, 9.17) is 4.74 Å². The Morgan fingerprint density at radius 3 is 2.85 bits per heavy atom. The molecule has 0 amide bonds. The maximum Gasteiger partial charge on any atom is 0.341 e. The standard InChI is InChI=1S/C18H19N5O2S/c1-2-3-12-23-16(20-21-22-23)13-25-18(24)15-10-7-11-19-17(15)26-14-8-5-4-6-9-14/h4-11H,2-3,12-13H2,1H3. The Hall–Kier alpha value is -2.74. The van der Waals surface area contributed by atoms with Crippen LogP contribution in [0, 0.1) is 0 Å². The highest BCUT2D eigenvalue weighted by Gasteiger charge is 2.16. The van der Waals surface area contributed by atoms with Crippen molar-refractivity contribution in [2.75, 3.05) is 0 Å². The molecule has 2 aromatic heterocycles. The summed E-state index contributed by atoms with van der Waals surface area (Å²) in [5.41, 5.74) is 0.425. The van der Waals surface area contributed by atoms with Gasteiger partial charge in [-0.2, -0.15) is 0 Å². The molecule has 0 aliphatic carbocycles. The minimum absolute atomic E-state index is 0.0277. The summed E-state index contributed by atoms with van der Waals surface area (Å²) in [6, 6.07) is 13.2. The summed E-state index contributed by atoms with van der Waals surface area (Å²) < 4.78 is 7.08. The van der Waals surface area contributed by atoms with Gasteiger partial charge in [0.15, 0.2) is 12.4 Å². The van der Waals surface area contributed by atoms with Crippen molar-refractivity contribution < 1.29 is 9.53 Å². The molecule has 0 atom stereocenters. The molecule has 0 aliphatic rings. The highest BCUT2D eigenvalue weighted by atomic mass is 32.2. The first kappa shape index (κ1) is 18.1. The van der Waals surface area contributed by atoms with Crippen molar-refractivity contribution in [1.29, 1.82) is 0 Å². The summed E-state index contributed by atoms with van der Waals surface area (Å²) in [6.45, 7) is 2.83. The second-order valence-corrected chi connectivity index (χ2v) is 6.58. The predicted molar refractivity (Wildman–Crippen MR) is 96.6 cm³/mol. The smallest absolute Gasteiger partial charge is 0.341 e. The minimum atomic E-state index is -0.443. The second kappa shape index (κ2) is 9.10. The van der Waals surface area contributed by atoms with Crippen molar-refractivity contribution in [2.45, 2.75) is 42.8 Å². The molecular formula is C18H19N5O2S. The number of hydrogen-bond acceptors (Lipinski definition) is 7. The molecule has 0 unspecified atom stereocenters. The van der Waals surface area contributed by atoms with E-state index >= 15 is 0 Å². The van der Waals surface area contributed by atoms with Gasteiger partial charge in [0.25, 0.3) is 0 Å². The van der Waals surface area contributed by atoms with E-state index in [9.17, 15) is 4.79 Å². The Kier molecular flexibility index (Phi) is 6.32. The van der Waals surface area contributed by atoms with Crippen LogP contribution in [0.1, 0.15) is 35.9 Å². The molecule has 0 bridgehead atoms. The zero-order valence-corrected chi connectivity index (χ0v) is 15.2. The SMILES string of the molecule is CCCCn1nnnc1COC(=O)c1cccnc1Sc1ccccc1. The van der Waals surface area contributed by atoms with Crippen molar-refractivity contribution in [2.24, 2.45) is 0 Å². The normalized spacial score (nSPS) is 10.7. The number of rotatable bonds is 8. The summed E-state index contributed by atoms with van der Waals surface area (Å²) in [6.07, 6.45) is 3.66. The van der Waals surface area contributed by atoms with Crippen LogP contribution in [0.25, 0.3) is 0 Å². The third-order valence-electron chi connectivity index (χ3n) is 3.61. The van der Waals surface area contributed by atoms with Crippen LogP contribution >= 0.6 is 11.8 Å². The Morgan fingerprint density at radius 1 is 1.19 bits per heavy atom. The second-order valence-electron chi connectivity index (χ2n) is 5.52. The summed E-state index contributed by atoms with van der Waals surface area (Å²) in [5.74, 6) is 0.0922. The molecule has 0 saturated carbocycles. The van der Waals surface area contributed by atoms with Crippen LogP contribution in [0.3, 0.4) is 0 Å². The molecule has 0 fully saturated rings. The lowest BCUT2D eigenvalue weighted by atomic mass is 10.3.